The summed E-state index contributed by atoms with van der Waals surface area (Å²) in [4.78, 5) is 0. The van der Waals surface area contributed by atoms with E-state index in [1.54, 1.807) is 0 Å². The van der Waals surface area contributed by atoms with Crippen LogP contribution in [0.4, 0.5) is 0 Å². The Kier molecular flexibility index (Phi) is 9.60. The van der Waals surface area contributed by atoms with Crippen LogP contribution in [-0.2, 0) is 11.3 Å². The summed E-state index contributed by atoms with van der Waals surface area (Å²) in [5.74, 6) is 0.771. The summed E-state index contributed by atoms with van der Waals surface area (Å²) in [5, 5.41) is 11.2. The molecular formula is C31H28Cl2O3. The van der Waals surface area contributed by atoms with Gasteiger partial charge in [0, 0.05) is 16.7 Å². The van der Waals surface area contributed by atoms with Gasteiger partial charge in [0.1, 0.15) is 12.4 Å². The molecule has 0 amide bonds. The van der Waals surface area contributed by atoms with Crippen molar-refractivity contribution >= 4 is 34.3 Å². The van der Waals surface area contributed by atoms with E-state index < -0.39 is 0 Å². The molecule has 0 aliphatic rings. The van der Waals surface area contributed by atoms with Gasteiger partial charge in [0.05, 0.1) is 13.2 Å². The average Bonchev–Trinajstić information content (AvgIpc) is 2.91. The smallest absolute Gasteiger partial charge is 0.119 e. The number of ether oxygens (including phenoxy) is 2. The number of aliphatic hydroxyl groups excluding tert-OH is 1. The van der Waals surface area contributed by atoms with E-state index in [4.69, 9.17) is 32.7 Å². The van der Waals surface area contributed by atoms with Gasteiger partial charge in [-0.2, -0.15) is 0 Å². The highest BCUT2D eigenvalue weighted by Gasteiger charge is 2.14. The quantitative estimate of drug-likeness (QED) is 0.162. The minimum absolute atomic E-state index is 0.0270. The Hall–Kier alpha value is -3.08. The topological polar surface area (TPSA) is 38.7 Å². The van der Waals surface area contributed by atoms with Gasteiger partial charge in [0.2, 0.25) is 0 Å². The molecule has 0 radical (unpaired) electrons. The summed E-state index contributed by atoms with van der Waals surface area (Å²) in [7, 11) is 0. The number of aliphatic hydroxyl groups is 1. The molecule has 4 aromatic carbocycles. The van der Waals surface area contributed by atoms with Crippen molar-refractivity contribution in [1.29, 1.82) is 0 Å². The van der Waals surface area contributed by atoms with Crippen molar-refractivity contribution in [3.8, 4) is 5.75 Å². The number of hydrogen-bond acceptors (Lipinski definition) is 3. The molecule has 3 nitrogen and oxygen atoms in total. The molecule has 0 spiro atoms. The SMILES string of the molecule is OCCC(=C(c1ccc(Cl)cc1)c1ccc(OCCOCc2ccccc2)cc1)c1ccc(Cl)cc1. The fraction of sp³-hybridized carbons (Fsp3) is 0.161. The van der Waals surface area contributed by atoms with Crippen LogP contribution >= 0.6 is 23.2 Å². The van der Waals surface area contributed by atoms with Crippen LogP contribution in [0, 0.1) is 0 Å². The molecule has 0 heterocycles. The Morgan fingerprint density at radius 2 is 1.19 bits per heavy atom. The standard InChI is InChI=1S/C31H28Cl2O3/c32-27-12-6-24(7-13-27)30(18-19-34)31(25-8-14-28(33)15-9-25)26-10-16-29(17-11-26)36-21-20-35-22-23-4-2-1-3-5-23/h1-17,34H,18-22H2. The Morgan fingerprint density at radius 3 is 1.78 bits per heavy atom. The monoisotopic (exact) mass is 518 g/mol. The van der Waals surface area contributed by atoms with Gasteiger partial charge in [-0.05, 0) is 76.2 Å². The zero-order chi connectivity index (χ0) is 25.2. The van der Waals surface area contributed by atoms with E-state index in [9.17, 15) is 5.11 Å². The van der Waals surface area contributed by atoms with E-state index in [2.05, 4.69) is 0 Å². The molecule has 1 N–H and O–H groups in total. The number of benzene rings is 4. The van der Waals surface area contributed by atoms with Gasteiger partial charge < -0.3 is 14.6 Å². The molecule has 0 unspecified atom stereocenters. The highest BCUT2D eigenvalue weighted by atomic mass is 35.5. The van der Waals surface area contributed by atoms with Crippen LogP contribution in [-0.4, -0.2) is 24.9 Å². The molecule has 0 atom stereocenters. The molecule has 0 bridgehead atoms. The van der Waals surface area contributed by atoms with Gasteiger partial charge in [-0.1, -0.05) is 89.9 Å². The molecule has 184 valence electrons. The normalized spacial score (nSPS) is 11.8. The van der Waals surface area contributed by atoms with Gasteiger partial charge in [0.25, 0.3) is 0 Å². The molecule has 0 fully saturated rings. The molecule has 0 saturated carbocycles. The molecular weight excluding hydrogens is 491 g/mol. The fourth-order valence-electron chi connectivity index (χ4n) is 4.01. The van der Waals surface area contributed by atoms with Crippen molar-refractivity contribution in [1.82, 2.24) is 0 Å². The summed E-state index contributed by atoms with van der Waals surface area (Å²) in [6.45, 7) is 1.56. The van der Waals surface area contributed by atoms with Crippen molar-refractivity contribution in [2.75, 3.05) is 19.8 Å². The summed E-state index contributed by atoms with van der Waals surface area (Å²) >= 11 is 12.3. The average molecular weight is 519 g/mol. The first kappa shape index (κ1) is 26.0. The maximum atomic E-state index is 9.88. The Morgan fingerprint density at radius 1 is 0.639 bits per heavy atom. The third kappa shape index (κ3) is 7.22. The van der Waals surface area contributed by atoms with Gasteiger partial charge in [-0.15, -0.1) is 0 Å². The number of hydrogen-bond donors (Lipinski definition) is 1. The lowest BCUT2D eigenvalue weighted by molar-refractivity contribution is 0.0889. The summed E-state index contributed by atoms with van der Waals surface area (Å²) in [6.07, 6.45) is 0.497. The molecule has 4 aromatic rings. The number of halogens is 2. The van der Waals surface area contributed by atoms with Gasteiger partial charge >= 0.3 is 0 Å². The second kappa shape index (κ2) is 13.3. The Labute approximate surface area is 222 Å². The molecule has 36 heavy (non-hydrogen) atoms. The van der Waals surface area contributed by atoms with Crippen LogP contribution in [0.25, 0.3) is 11.1 Å². The zero-order valence-corrected chi connectivity index (χ0v) is 21.4. The lowest BCUT2D eigenvalue weighted by Crippen LogP contribution is -2.06. The van der Waals surface area contributed by atoms with Crippen LogP contribution in [0.2, 0.25) is 10.0 Å². The van der Waals surface area contributed by atoms with Gasteiger partial charge in [0.15, 0.2) is 0 Å². The highest BCUT2D eigenvalue weighted by Crippen LogP contribution is 2.36. The summed E-state index contributed by atoms with van der Waals surface area (Å²) in [6, 6.07) is 33.5. The minimum Gasteiger partial charge on any atom is -0.491 e. The van der Waals surface area contributed by atoms with E-state index in [0.717, 1.165) is 39.1 Å². The Balaban J connectivity index is 1.54. The van der Waals surface area contributed by atoms with E-state index in [1.165, 1.54) is 0 Å². The zero-order valence-electron chi connectivity index (χ0n) is 19.9. The maximum Gasteiger partial charge on any atom is 0.119 e. The predicted octanol–water partition coefficient (Wildman–Crippen LogP) is 7.93. The van der Waals surface area contributed by atoms with Crippen LogP contribution in [0.1, 0.15) is 28.7 Å². The largest absolute Gasteiger partial charge is 0.491 e. The maximum absolute atomic E-state index is 9.88. The first-order chi connectivity index (χ1) is 17.6. The second-order valence-electron chi connectivity index (χ2n) is 8.25. The molecule has 0 aliphatic heterocycles. The summed E-state index contributed by atoms with van der Waals surface area (Å²) in [5.41, 5.74) is 6.24. The van der Waals surface area contributed by atoms with Crippen molar-refractivity contribution in [2.24, 2.45) is 0 Å². The van der Waals surface area contributed by atoms with Gasteiger partial charge in [-0.25, -0.2) is 0 Å². The molecule has 0 aliphatic carbocycles. The van der Waals surface area contributed by atoms with Crippen LogP contribution < -0.4 is 4.74 Å². The predicted molar refractivity (Wildman–Crippen MR) is 149 cm³/mol. The van der Waals surface area contributed by atoms with Crippen LogP contribution in [0.5, 0.6) is 5.75 Å². The Bertz CT molecular complexity index is 1250. The first-order valence-electron chi connectivity index (χ1n) is 11.8. The van der Waals surface area contributed by atoms with Gasteiger partial charge in [-0.3, -0.25) is 0 Å². The lowest BCUT2D eigenvalue weighted by Gasteiger charge is -2.17. The van der Waals surface area contributed by atoms with E-state index in [-0.39, 0.29) is 6.61 Å². The van der Waals surface area contributed by atoms with Crippen molar-refractivity contribution in [3.63, 3.8) is 0 Å². The van der Waals surface area contributed by atoms with E-state index in [0.29, 0.717) is 36.3 Å². The third-order valence-corrected chi connectivity index (χ3v) is 6.24. The molecule has 0 aromatic heterocycles. The summed E-state index contributed by atoms with van der Waals surface area (Å²) < 4.78 is 11.6. The minimum atomic E-state index is 0.0270. The lowest BCUT2D eigenvalue weighted by atomic mass is 9.88. The molecule has 5 heteroatoms. The number of rotatable bonds is 11. The molecule has 4 rings (SSSR count). The van der Waals surface area contributed by atoms with Crippen LogP contribution in [0.3, 0.4) is 0 Å². The first-order valence-corrected chi connectivity index (χ1v) is 12.6. The van der Waals surface area contributed by atoms with E-state index >= 15 is 0 Å². The second-order valence-corrected chi connectivity index (χ2v) is 9.12. The third-order valence-electron chi connectivity index (χ3n) is 5.74. The van der Waals surface area contributed by atoms with Crippen molar-refractivity contribution in [3.05, 3.63) is 135 Å². The van der Waals surface area contributed by atoms with Crippen molar-refractivity contribution < 1.29 is 14.6 Å². The highest BCUT2D eigenvalue weighted by molar-refractivity contribution is 6.31. The molecule has 0 saturated heterocycles. The van der Waals surface area contributed by atoms with Crippen molar-refractivity contribution in [2.45, 2.75) is 13.0 Å². The van der Waals surface area contributed by atoms with Crippen LogP contribution in [0.15, 0.2) is 103 Å². The fourth-order valence-corrected chi connectivity index (χ4v) is 4.26. The van der Waals surface area contributed by atoms with E-state index in [1.807, 2.05) is 103 Å².